The predicted octanol–water partition coefficient (Wildman–Crippen LogP) is 3.43. The van der Waals surface area contributed by atoms with E-state index in [0.717, 1.165) is 22.9 Å². The molecule has 0 radical (unpaired) electrons. The number of hydrogen-bond acceptors (Lipinski definition) is 5. The highest BCUT2D eigenvalue weighted by atomic mass is 32.2. The molecule has 2 amide bonds. The number of rotatable bonds is 3. The lowest BCUT2D eigenvalue weighted by molar-refractivity contribution is -0.121. The van der Waals surface area contributed by atoms with Crippen LogP contribution in [-0.4, -0.2) is 22.2 Å². The minimum atomic E-state index is -0.624. The SMILES string of the molecule is Cc1cccc(N2C(=O)CC(SC(=Nc3ccccc3)NC#N)C2=O)c1C. The standard InChI is InChI=1S/C20H18N4O2S/c1-13-7-6-10-16(14(13)2)24-18(25)11-17(19(24)26)27-20(22-12-21)23-15-8-4-3-5-9-15/h3-10,17H,11H2,1-2H3,(H,22,23). The van der Waals surface area contributed by atoms with Crippen LogP contribution in [0.15, 0.2) is 53.5 Å². The smallest absolute Gasteiger partial charge is 0.247 e. The highest BCUT2D eigenvalue weighted by Crippen LogP contribution is 2.33. The van der Waals surface area contributed by atoms with Crippen LogP contribution in [0.4, 0.5) is 11.4 Å². The molecule has 2 aromatic carbocycles. The number of amides is 2. The summed E-state index contributed by atoms with van der Waals surface area (Å²) in [7, 11) is 0. The summed E-state index contributed by atoms with van der Waals surface area (Å²) in [6.07, 6.45) is 1.90. The van der Waals surface area contributed by atoms with Gasteiger partial charge in [-0.25, -0.2) is 9.89 Å². The Balaban J connectivity index is 1.85. The molecule has 6 nitrogen and oxygen atoms in total. The quantitative estimate of drug-likeness (QED) is 0.291. The average Bonchev–Trinajstić information content (AvgIpc) is 2.92. The molecule has 3 rings (SSSR count). The van der Waals surface area contributed by atoms with E-state index >= 15 is 0 Å². The van der Waals surface area contributed by atoms with Crippen molar-refractivity contribution in [2.75, 3.05) is 4.90 Å². The van der Waals surface area contributed by atoms with Crippen LogP contribution in [0.2, 0.25) is 0 Å². The number of amidine groups is 1. The number of thioether (sulfide) groups is 1. The van der Waals surface area contributed by atoms with Crippen molar-refractivity contribution in [3.63, 3.8) is 0 Å². The normalized spacial score (nSPS) is 17.1. The van der Waals surface area contributed by atoms with Crippen molar-refractivity contribution in [3.8, 4) is 6.19 Å². The number of para-hydroxylation sites is 1. The Hall–Kier alpha value is -3.11. The van der Waals surface area contributed by atoms with Gasteiger partial charge in [-0.2, -0.15) is 5.26 Å². The van der Waals surface area contributed by atoms with E-state index in [1.165, 1.54) is 4.90 Å². The first-order valence-corrected chi connectivity index (χ1v) is 9.27. The first-order chi connectivity index (χ1) is 13.0. The molecule has 1 N–H and O–H groups in total. The summed E-state index contributed by atoms with van der Waals surface area (Å²) in [6, 6.07) is 14.7. The van der Waals surface area contributed by atoms with Crippen molar-refractivity contribution in [1.82, 2.24) is 5.32 Å². The third kappa shape index (κ3) is 4.01. The molecule has 27 heavy (non-hydrogen) atoms. The molecule has 1 saturated heterocycles. The molecular formula is C20H18N4O2S. The van der Waals surface area contributed by atoms with E-state index < -0.39 is 5.25 Å². The van der Waals surface area contributed by atoms with E-state index in [1.807, 2.05) is 50.4 Å². The maximum atomic E-state index is 12.9. The number of hydrogen-bond donors (Lipinski definition) is 1. The van der Waals surface area contributed by atoms with E-state index in [4.69, 9.17) is 5.26 Å². The number of carbonyl (C=O) groups is 2. The largest absolute Gasteiger partial charge is 0.274 e. The monoisotopic (exact) mass is 378 g/mol. The van der Waals surface area contributed by atoms with Crippen LogP contribution >= 0.6 is 11.8 Å². The number of nitrogens with zero attached hydrogens (tertiary/aromatic N) is 3. The summed E-state index contributed by atoms with van der Waals surface area (Å²) in [5.74, 6) is -0.540. The summed E-state index contributed by atoms with van der Waals surface area (Å²) in [4.78, 5) is 31.0. The first kappa shape index (κ1) is 18.7. The number of anilines is 1. The molecule has 0 saturated carbocycles. The molecule has 1 atom stereocenters. The Morgan fingerprint density at radius 1 is 1.19 bits per heavy atom. The second-order valence-electron chi connectivity index (χ2n) is 6.09. The molecule has 1 aliphatic heterocycles. The van der Waals surface area contributed by atoms with E-state index in [-0.39, 0.29) is 23.4 Å². The molecule has 0 aliphatic carbocycles. The molecule has 0 spiro atoms. The van der Waals surface area contributed by atoms with Gasteiger partial charge in [0.25, 0.3) is 0 Å². The molecule has 1 aliphatic rings. The van der Waals surface area contributed by atoms with Crippen LogP contribution < -0.4 is 10.2 Å². The second kappa shape index (κ2) is 8.06. The molecule has 7 heteroatoms. The Labute approximate surface area is 161 Å². The highest BCUT2D eigenvalue weighted by Gasteiger charge is 2.41. The summed E-state index contributed by atoms with van der Waals surface area (Å²) in [6.45, 7) is 3.84. The van der Waals surface area contributed by atoms with Gasteiger partial charge in [0.15, 0.2) is 11.4 Å². The lowest BCUT2D eigenvalue weighted by Gasteiger charge is -2.18. The van der Waals surface area contributed by atoms with Gasteiger partial charge in [-0.1, -0.05) is 42.1 Å². The van der Waals surface area contributed by atoms with Gasteiger partial charge in [0.05, 0.1) is 11.4 Å². The zero-order chi connectivity index (χ0) is 19.4. The van der Waals surface area contributed by atoms with Crippen LogP contribution in [0.5, 0.6) is 0 Å². The Bertz CT molecular complexity index is 950. The second-order valence-corrected chi connectivity index (χ2v) is 7.28. The molecule has 136 valence electrons. The zero-order valence-corrected chi connectivity index (χ0v) is 15.8. The predicted molar refractivity (Wildman–Crippen MR) is 107 cm³/mol. The number of benzene rings is 2. The van der Waals surface area contributed by atoms with Gasteiger partial charge in [0.2, 0.25) is 11.8 Å². The van der Waals surface area contributed by atoms with E-state index in [1.54, 1.807) is 18.2 Å². The van der Waals surface area contributed by atoms with Crippen LogP contribution in [0, 0.1) is 25.3 Å². The highest BCUT2D eigenvalue weighted by molar-refractivity contribution is 8.15. The van der Waals surface area contributed by atoms with Gasteiger partial charge < -0.3 is 0 Å². The molecular weight excluding hydrogens is 360 g/mol. The van der Waals surface area contributed by atoms with Crippen molar-refractivity contribution in [2.24, 2.45) is 4.99 Å². The summed E-state index contributed by atoms with van der Waals surface area (Å²) in [5.41, 5.74) is 3.19. The topological polar surface area (TPSA) is 85.6 Å². The maximum Gasteiger partial charge on any atom is 0.247 e. The minimum absolute atomic E-state index is 0.0673. The van der Waals surface area contributed by atoms with Crippen LogP contribution in [-0.2, 0) is 9.59 Å². The molecule has 0 aromatic heterocycles. The van der Waals surface area contributed by atoms with Gasteiger partial charge in [-0.15, -0.1) is 0 Å². The van der Waals surface area contributed by atoms with Gasteiger partial charge in [-0.3, -0.25) is 14.9 Å². The van der Waals surface area contributed by atoms with Crippen LogP contribution in [0.1, 0.15) is 17.5 Å². The van der Waals surface area contributed by atoms with Crippen molar-refractivity contribution >= 4 is 40.1 Å². The van der Waals surface area contributed by atoms with E-state index in [2.05, 4.69) is 10.3 Å². The van der Waals surface area contributed by atoms with Crippen molar-refractivity contribution in [1.29, 1.82) is 5.26 Å². The number of imide groups is 1. The van der Waals surface area contributed by atoms with Crippen molar-refractivity contribution in [3.05, 3.63) is 59.7 Å². The third-order valence-corrected chi connectivity index (χ3v) is 5.40. The zero-order valence-electron chi connectivity index (χ0n) is 15.0. The summed E-state index contributed by atoms with van der Waals surface area (Å²) in [5, 5.41) is 11.2. The minimum Gasteiger partial charge on any atom is -0.274 e. The summed E-state index contributed by atoms with van der Waals surface area (Å²) >= 11 is 1.10. The molecule has 1 fully saturated rings. The van der Waals surface area contributed by atoms with E-state index in [9.17, 15) is 9.59 Å². The van der Waals surface area contributed by atoms with Gasteiger partial charge in [0, 0.05) is 6.42 Å². The Morgan fingerprint density at radius 3 is 2.63 bits per heavy atom. The van der Waals surface area contributed by atoms with Gasteiger partial charge in [-0.05, 0) is 43.2 Å². The molecule has 1 heterocycles. The first-order valence-electron chi connectivity index (χ1n) is 8.39. The fraction of sp³-hybridized carbons (Fsp3) is 0.200. The van der Waals surface area contributed by atoms with Crippen LogP contribution in [0.3, 0.4) is 0 Å². The third-order valence-electron chi connectivity index (χ3n) is 4.33. The summed E-state index contributed by atoms with van der Waals surface area (Å²) < 4.78 is 0. The lowest BCUT2D eigenvalue weighted by atomic mass is 10.1. The molecule has 2 aromatic rings. The number of aryl methyl sites for hydroxylation is 1. The molecule has 0 bridgehead atoms. The van der Waals surface area contributed by atoms with Crippen molar-refractivity contribution < 1.29 is 9.59 Å². The van der Waals surface area contributed by atoms with Crippen LogP contribution in [0.25, 0.3) is 0 Å². The van der Waals surface area contributed by atoms with Gasteiger partial charge >= 0.3 is 0 Å². The number of nitrogens with one attached hydrogen (secondary N) is 1. The fourth-order valence-corrected chi connectivity index (χ4v) is 3.78. The number of aliphatic imine (C=N–C) groups is 1. The lowest BCUT2D eigenvalue weighted by Crippen LogP contribution is -2.32. The molecule has 1 unspecified atom stereocenters. The number of nitriles is 1. The average molecular weight is 378 g/mol. The van der Waals surface area contributed by atoms with Gasteiger partial charge in [0.1, 0.15) is 5.25 Å². The Kier molecular flexibility index (Phi) is 5.57. The van der Waals surface area contributed by atoms with E-state index in [0.29, 0.717) is 11.4 Å². The fourth-order valence-electron chi connectivity index (χ4n) is 2.81. The van der Waals surface area contributed by atoms with Crippen molar-refractivity contribution in [2.45, 2.75) is 25.5 Å². The maximum absolute atomic E-state index is 12.9. The number of carbonyl (C=O) groups excluding carboxylic acids is 2. The Morgan fingerprint density at radius 2 is 1.93 bits per heavy atom.